The Balaban J connectivity index is 1.64. The Morgan fingerprint density at radius 2 is 2.23 bits per heavy atom. The van der Waals surface area contributed by atoms with Crippen molar-refractivity contribution in [2.24, 2.45) is 0 Å². The number of rotatable bonds is 5. The third-order valence-electron chi connectivity index (χ3n) is 5.82. The van der Waals surface area contributed by atoms with Crippen LogP contribution in [0.2, 0.25) is 0 Å². The van der Waals surface area contributed by atoms with Crippen LogP contribution in [0, 0.1) is 0 Å². The number of carbonyl (C=O) groups is 1. The first-order chi connectivity index (χ1) is 15.0. The third-order valence-corrected chi connectivity index (χ3v) is 6.34. The zero-order valence-electron chi connectivity index (χ0n) is 17.7. The molecule has 1 aromatic heterocycles. The van der Waals surface area contributed by atoms with Crippen LogP contribution in [0.1, 0.15) is 49.7 Å². The highest BCUT2D eigenvalue weighted by Crippen LogP contribution is 2.39. The fourth-order valence-electron chi connectivity index (χ4n) is 4.25. The first kappa shape index (κ1) is 21.9. The summed E-state index contributed by atoms with van der Waals surface area (Å²) in [6.45, 7) is 3.17. The fourth-order valence-corrected chi connectivity index (χ4v) is 4.71. The van der Waals surface area contributed by atoms with E-state index in [4.69, 9.17) is 19.8 Å². The molecule has 0 saturated carbocycles. The molecule has 1 amide bonds. The van der Waals surface area contributed by atoms with Crippen LogP contribution in [0.4, 0.5) is 15.0 Å². The van der Waals surface area contributed by atoms with Gasteiger partial charge in [0, 0.05) is 25.1 Å². The summed E-state index contributed by atoms with van der Waals surface area (Å²) in [6, 6.07) is -0.0797. The number of carbonyl (C=O) groups excluding carboxylic acids is 1. The number of hydrogen-bond donors (Lipinski definition) is 2. The summed E-state index contributed by atoms with van der Waals surface area (Å²) in [7, 11) is 2.61. The number of ether oxygens (including phenoxy) is 1. The monoisotopic (exact) mass is 446 g/mol. The number of nitrogens with zero attached hydrogens (tertiary/aromatic N) is 3. The number of aromatic nitrogens is 2. The molecule has 1 aliphatic heterocycles. The van der Waals surface area contributed by atoms with Gasteiger partial charge in [-0.25, -0.2) is 19.2 Å². The number of aliphatic hydroxyl groups is 1. The number of alkyl carbamates (subject to hydrolysis) is 1. The van der Waals surface area contributed by atoms with Gasteiger partial charge in [-0.2, -0.15) is 0 Å². The molecule has 31 heavy (non-hydrogen) atoms. The Hall–Kier alpha value is -2.31. The number of halogens is 1. The van der Waals surface area contributed by atoms with E-state index in [9.17, 15) is 9.18 Å². The van der Waals surface area contributed by atoms with Gasteiger partial charge in [0.2, 0.25) is 0 Å². The minimum Gasteiger partial charge on any atom is -0.447 e. The standard InChI is InChI=1S/C22H28FN4O3P/c1-13-5-6-15-17(11-13)25-20(19-16(23)3-2-4-18(19)31)26-21(15)27-8-7-14(12-27)24-22(29)30-10-9-28/h4,11,14,28H,2-3,5-10,12,31H2,1H3,(H,24,29)/t14-/m1/s1. The molecule has 2 aliphatic carbocycles. The van der Waals surface area contributed by atoms with E-state index < -0.39 is 6.09 Å². The highest BCUT2D eigenvalue weighted by Gasteiger charge is 2.30. The minimum absolute atomic E-state index is 0.0255. The highest BCUT2D eigenvalue weighted by molar-refractivity contribution is 7.24. The summed E-state index contributed by atoms with van der Waals surface area (Å²) in [5.41, 5.74) is 3.64. The normalized spacial score (nSPS) is 20.9. The lowest BCUT2D eigenvalue weighted by atomic mass is 9.96. The van der Waals surface area contributed by atoms with Crippen molar-refractivity contribution in [2.45, 2.75) is 45.1 Å². The number of anilines is 1. The summed E-state index contributed by atoms with van der Waals surface area (Å²) >= 11 is 0. The zero-order chi connectivity index (χ0) is 22.0. The van der Waals surface area contributed by atoms with Crippen LogP contribution in [-0.2, 0) is 11.2 Å². The van der Waals surface area contributed by atoms with Crippen LogP contribution in [0.15, 0.2) is 22.8 Å². The van der Waals surface area contributed by atoms with E-state index in [1.807, 2.05) is 6.08 Å². The molecule has 1 aromatic rings. The topological polar surface area (TPSA) is 87.6 Å². The van der Waals surface area contributed by atoms with E-state index >= 15 is 0 Å². The predicted molar refractivity (Wildman–Crippen MR) is 121 cm³/mol. The van der Waals surface area contributed by atoms with Crippen LogP contribution in [0.5, 0.6) is 0 Å². The van der Waals surface area contributed by atoms with Crippen molar-refractivity contribution in [1.29, 1.82) is 0 Å². The molecule has 2 heterocycles. The minimum atomic E-state index is -0.530. The Morgan fingerprint density at radius 1 is 1.39 bits per heavy atom. The Morgan fingerprint density at radius 3 is 3.00 bits per heavy atom. The van der Waals surface area contributed by atoms with Crippen molar-refractivity contribution in [1.82, 2.24) is 15.3 Å². The van der Waals surface area contributed by atoms with E-state index in [0.29, 0.717) is 30.8 Å². The van der Waals surface area contributed by atoms with Crippen molar-refractivity contribution >= 4 is 32.8 Å². The Bertz CT molecular complexity index is 976. The number of aliphatic hydroxyl groups excluding tert-OH is 1. The van der Waals surface area contributed by atoms with Gasteiger partial charge in [0.05, 0.1) is 23.9 Å². The molecule has 1 unspecified atom stereocenters. The second kappa shape index (κ2) is 9.45. The van der Waals surface area contributed by atoms with Gasteiger partial charge in [0.15, 0.2) is 5.82 Å². The molecule has 9 heteroatoms. The van der Waals surface area contributed by atoms with Gasteiger partial charge in [0.1, 0.15) is 18.3 Å². The van der Waals surface area contributed by atoms with Crippen LogP contribution in [-0.4, -0.2) is 53.5 Å². The lowest BCUT2D eigenvalue weighted by Crippen LogP contribution is -2.38. The molecule has 2 N–H and O–H groups in total. The lowest BCUT2D eigenvalue weighted by Gasteiger charge is -2.26. The molecule has 3 aliphatic rings. The van der Waals surface area contributed by atoms with Gasteiger partial charge in [-0.05, 0) is 44.0 Å². The molecule has 166 valence electrons. The van der Waals surface area contributed by atoms with Gasteiger partial charge in [-0.3, -0.25) is 0 Å². The van der Waals surface area contributed by atoms with Crippen molar-refractivity contribution in [2.75, 3.05) is 31.2 Å². The first-order valence-corrected chi connectivity index (χ1v) is 11.3. The molecule has 0 aromatic carbocycles. The number of allylic oxidation sites excluding steroid dienone is 5. The van der Waals surface area contributed by atoms with E-state index in [2.05, 4.69) is 32.5 Å². The zero-order valence-corrected chi connectivity index (χ0v) is 18.8. The second-order valence-corrected chi connectivity index (χ2v) is 8.76. The number of fused-ring (bicyclic) bond motifs is 1. The predicted octanol–water partition coefficient (Wildman–Crippen LogP) is 3.36. The van der Waals surface area contributed by atoms with Gasteiger partial charge in [-0.1, -0.05) is 11.6 Å². The molecule has 1 fully saturated rings. The number of amides is 1. The quantitative estimate of drug-likeness (QED) is 0.675. The van der Waals surface area contributed by atoms with Crippen LogP contribution < -0.4 is 10.2 Å². The van der Waals surface area contributed by atoms with Crippen LogP contribution in [0.3, 0.4) is 0 Å². The number of hydrogen-bond acceptors (Lipinski definition) is 6. The largest absolute Gasteiger partial charge is 0.447 e. The molecular formula is C22H28FN4O3P. The lowest BCUT2D eigenvalue weighted by molar-refractivity contribution is 0.117. The molecule has 0 radical (unpaired) electrons. The first-order valence-electron chi connectivity index (χ1n) is 10.7. The molecule has 4 rings (SSSR count). The van der Waals surface area contributed by atoms with Crippen molar-refractivity contribution < 1.29 is 19.0 Å². The third kappa shape index (κ3) is 4.80. The van der Waals surface area contributed by atoms with Crippen LogP contribution in [0.25, 0.3) is 11.6 Å². The second-order valence-electron chi connectivity index (χ2n) is 8.14. The summed E-state index contributed by atoms with van der Waals surface area (Å²) in [6.07, 6.45) is 7.11. The van der Waals surface area contributed by atoms with Gasteiger partial charge >= 0.3 is 6.09 Å². The maximum absolute atomic E-state index is 14.7. The summed E-state index contributed by atoms with van der Waals surface area (Å²) in [5.74, 6) is 1.06. The van der Waals surface area contributed by atoms with Gasteiger partial charge < -0.3 is 20.1 Å². The van der Waals surface area contributed by atoms with Crippen molar-refractivity contribution in [3.05, 3.63) is 39.9 Å². The van der Waals surface area contributed by atoms with E-state index in [-0.39, 0.29) is 25.1 Å². The molecule has 0 spiro atoms. The smallest absolute Gasteiger partial charge is 0.407 e. The Labute approximate surface area is 183 Å². The summed E-state index contributed by atoms with van der Waals surface area (Å²) in [5, 5.41) is 12.4. The fraction of sp³-hybridized carbons (Fsp3) is 0.500. The van der Waals surface area contributed by atoms with E-state index in [1.165, 1.54) is 5.57 Å². The SMILES string of the molecule is CC1=Cc2nc(C3=C(F)CCC=C3P)nc(N3CC[C@@H](NC(=O)OCCO)C3)c2CC1. The maximum atomic E-state index is 14.7. The van der Waals surface area contributed by atoms with Crippen LogP contribution >= 0.6 is 9.24 Å². The highest BCUT2D eigenvalue weighted by atomic mass is 31.0. The van der Waals surface area contributed by atoms with Gasteiger partial charge in [-0.15, -0.1) is 9.24 Å². The molecular weight excluding hydrogens is 418 g/mol. The summed E-state index contributed by atoms with van der Waals surface area (Å²) in [4.78, 5) is 23.6. The molecule has 7 nitrogen and oxygen atoms in total. The maximum Gasteiger partial charge on any atom is 0.407 e. The van der Waals surface area contributed by atoms with E-state index in [1.54, 1.807) is 0 Å². The Kier molecular flexibility index (Phi) is 6.68. The molecule has 1 saturated heterocycles. The summed E-state index contributed by atoms with van der Waals surface area (Å²) < 4.78 is 19.7. The van der Waals surface area contributed by atoms with Gasteiger partial charge in [0.25, 0.3) is 0 Å². The molecule has 0 bridgehead atoms. The number of nitrogens with one attached hydrogen (secondary N) is 1. The average molecular weight is 446 g/mol. The van der Waals surface area contributed by atoms with E-state index in [0.717, 1.165) is 48.2 Å². The van der Waals surface area contributed by atoms with Crippen molar-refractivity contribution in [3.63, 3.8) is 0 Å². The average Bonchev–Trinajstić information content (AvgIpc) is 3.19. The molecule has 2 atom stereocenters. The van der Waals surface area contributed by atoms with Crippen molar-refractivity contribution in [3.8, 4) is 0 Å².